The van der Waals surface area contributed by atoms with Crippen LogP contribution in [0.25, 0.3) is 0 Å². The zero-order valence-corrected chi connectivity index (χ0v) is 16.2. The van der Waals surface area contributed by atoms with Crippen molar-refractivity contribution in [3.05, 3.63) is 53.1 Å². The molecule has 0 unspecified atom stereocenters. The summed E-state index contributed by atoms with van der Waals surface area (Å²) >= 11 is 0. The summed E-state index contributed by atoms with van der Waals surface area (Å²) in [6.45, 7) is 6.51. The number of rotatable bonds is 9. The molecule has 1 N–H and O–H groups in total. The third-order valence-corrected chi connectivity index (χ3v) is 3.65. The number of hydrazone groups is 1. The van der Waals surface area contributed by atoms with Gasteiger partial charge in [0.2, 0.25) is 5.91 Å². The summed E-state index contributed by atoms with van der Waals surface area (Å²) in [5, 5.41) is 3.89. The molecular formula is C21H26N2O4. The topological polar surface area (TPSA) is 69.2 Å². The highest BCUT2D eigenvalue weighted by Gasteiger charge is 2.09. The lowest BCUT2D eigenvalue weighted by atomic mass is 10.1. The molecule has 0 aliphatic rings. The van der Waals surface area contributed by atoms with Crippen LogP contribution < -0.4 is 19.6 Å². The van der Waals surface area contributed by atoms with Gasteiger partial charge in [0.15, 0.2) is 11.5 Å². The van der Waals surface area contributed by atoms with Crippen LogP contribution in [0.2, 0.25) is 0 Å². The Labute approximate surface area is 160 Å². The molecule has 0 aliphatic carbocycles. The van der Waals surface area contributed by atoms with Crippen LogP contribution in [0, 0.1) is 13.8 Å². The predicted molar refractivity (Wildman–Crippen MR) is 106 cm³/mol. The first kappa shape index (κ1) is 20.3. The molecule has 0 bridgehead atoms. The summed E-state index contributed by atoms with van der Waals surface area (Å²) in [5.41, 5.74) is 5.46. The van der Waals surface area contributed by atoms with E-state index in [1.165, 1.54) is 24.3 Å². The third kappa shape index (κ3) is 6.66. The molecule has 0 saturated carbocycles. The average Bonchev–Trinajstić information content (AvgIpc) is 2.61. The van der Waals surface area contributed by atoms with Gasteiger partial charge in [-0.05, 0) is 49.2 Å². The van der Waals surface area contributed by atoms with E-state index in [0.717, 1.165) is 11.3 Å². The number of hydrogen-bond donors (Lipinski definition) is 1. The van der Waals surface area contributed by atoms with Crippen LogP contribution in [0.5, 0.6) is 17.2 Å². The molecule has 144 valence electrons. The fourth-order valence-corrected chi connectivity index (χ4v) is 2.58. The molecule has 0 spiro atoms. The minimum atomic E-state index is -0.236. The van der Waals surface area contributed by atoms with Crippen molar-refractivity contribution in [2.75, 3.05) is 20.3 Å². The molecule has 2 aromatic carbocycles. The van der Waals surface area contributed by atoms with Crippen molar-refractivity contribution >= 4 is 12.1 Å². The molecule has 2 rings (SSSR count). The number of hydrogen-bond acceptors (Lipinski definition) is 5. The van der Waals surface area contributed by atoms with Gasteiger partial charge in [0.05, 0.1) is 26.5 Å². The molecule has 0 aliphatic heterocycles. The van der Waals surface area contributed by atoms with E-state index in [-0.39, 0.29) is 5.91 Å². The highest BCUT2D eigenvalue weighted by molar-refractivity contribution is 5.86. The number of ether oxygens (including phenoxy) is 3. The summed E-state index contributed by atoms with van der Waals surface area (Å²) in [7, 11) is 1.58. The van der Waals surface area contributed by atoms with E-state index in [4.69, 9.17) is 14.2 Å². The number of nitrogens with one attached hydrogen (secondary N) is 1. The number of benzene rings is 2. The van der Waals surface area contributed by atoms with Crippen molar-refractivity contribution in [2.24, 2.45) is 5.10 Å². The van der Waals surface area contributed by atoms with Crippen molar-refractivity contribution in [2.45, 2.75) is 27.2 Å². The van der Waals surface area contributed by atoms with Crippen molar-refractivity contribution in [1.29, 1.82) is 0 Å². The lowest BCUT2D eigenvalue weighted by molar-refractivity contribution is -0.118. The molecule has 0 heterocycles. The highest BCUT2D eigenvalue weighted by Crippen LogP contribution is 2.30. The Morgan fingerprint density at radius 2 is 1.81 bits per heavy atom. The van der Waals surface area contributed by atoms with Crippen LogP contribution in [0.15, 0.2) is 41.5 Å². The van der Waals surface area contributed by atoms with Gasteiger partial charge in [0.25, 0.3) is 0 Å². The van der Waals surface area contributed by atoms with Gasteiger partial charge in [0, 0.05) is 18.9 Å². The minimum absolute atomic E-state index is 0.236. The smallest absolute Gasteiger partial charge is 0.236 e. The Hall–Kier alpha value is -3.02. The van der Waals surface area contributed by atoms with Crippen LogP contribution in [0.1, 0.15) is 30.0 Å². The molecule has 27 heavy (non-hydrogen) atoms. The summed E-state index contributed by atoms with van der Waals surface area (Å²) < 4.78 is 17.1. The average molecular weight is 370 g/mol. The number of amides is 1. The van der Waals surface area contributed by atoms with Crippen molar-refractivity contribution in [3.8, 4) is 17.2 Å². The van der Waals surface area contributed by atoms with Crippen LogP contribution >= 0.6 is 0 Å². The largest absolute Gasteiger partial charge is 0.493 e. The van der Waals surface area contributed by atoms with Gasteiger partial charge < -0.3 is 14.2 Å². The maximum absolute atomic E-state index is 11.0. The maximum Gasteiger partial charge on any atom is 0.236 e. The summed E-state index contributed by atoms with van der Waals surface area (Å²) in [6, 6.07) is 11.6. The van der Waals surface area contributed by atoms with Crippen molar-refractivity contribution in [1.82, 2.24) is 5.43 Å². The minimum Gasteiger partial charge on any atom is -0.493 e. The molecule has 0 saturated heterocycles. The Bertz CT molecular complexity index is 783. The zero-order valence-electron chi connectivity index (χ0n) is 16.2. The van der Waals surface area contributed by atoms with Gasteiger partial charge in [0.1, 0.15) is 5.75 Å². The summed E-state index contributed by atoms with van der Waals surface area (Å²) in [4.78, 5) is 11.0. The Balaban J connectivity index is 1.92. The van der Waals surface area contributed by atoms with Crippen LogP contribution in [0.4, 0.5) is 0 Å². The number of aryl methyl sites for hydroxylation is 2. The normalized spacial score (nSPS) is 10.7. The standard InChI is InChI=1S/C21H26N2O4/c1-15-11-16(2)13-19(12-15)26-9-6-10-27-21-18(14-22-23-17(3)24)7-5-8-20(21)25-4/h5,7-8,11-14H,6,9-10H2,1-4H3,(H,23,24). The van der Waals surface area contributed by atoms with Gasteiger partial charge in [-0.15, -0.1) is 0 Å². The second-order valence-corrected chi connectivity index (χ2v) is 6.18. The molecular weight excluding hydrogens is 344 g/mol. The quantitative estimate of drug-likeness (QED) is 0.416. The van der Waals surface area contributed by atoms with Crippen LogP contribution in [-0.2, 0) is 4.79 Å². The Morgan fingerprint density at radius 1 is 1.11 bits per heavy atom. The first-order chi connectivity index (χ1) is 13.0. The van der Waals surface area contributed by atoms with Gasteiger partial charge in [-0.3, -0.25) is 4.79 Å². The number of nitrogens with zero attached hydrogens (tertiary/aromatic N) is 1. The Kier molecular flexibility index (Phi) is 7.67. The second-order valence-electron chi connectivity index (χ2n) is 6.18. The van der Waals surface area contributed by atoms with E-state index >= 15 is 0 Å². The van der Waals surface area contributed by atoms with E-state index in [2.05, 4.69) is 30.4 Å². The van der Waals surface area contributed by atoms with Crippen molar-refractivity contribution < 1.29 is 19.0 Å². The molecule has 6 heteroatoms. The SMILES string of the molecule is COc1cccc(C=NNC(C)=O)c1OCCCOc1cc(C)cc(C)c1. The van der Waals surface area contributed by atoms with Gasteiger partial charge in [-0.1, -0.05) is 12.1 Å². The molecule has 2 aromatic rings. The fraction of sp³-hybridized carbons (Fsp3) is 0.333. The van der Waals surface area contributed by atoms with E-state index < -0.39 is 0 Å². The second kappa shape index (κ2) is 10.2. The molecule has 0 radical (unpaired) electrons. The zero-order chi connectivity index (χ0) is 19.6. The number of methoxy groups -OCH3 is 1. The van der Waals surface area contributed by atoms with Gasteiger partial charge in [-0.2, -0.15) is 5.10 Å². The van der Waals surface area contributed by atoms with Gasteiger partial charge >= 0.3 is 0 Å². The summed E-state index contributed by atoms with van der Waals surface area (Å²) in [5.74, 6) is 1.82. The number of carbonyl (C=O) groups is 1. The lowest BCUT2D eigenvalue weighted by Crippen LogP contribution is -2.12. The van der Waals surface area contributed by atoms with E-state index in [1.54, 1.807) is 7.11 Å². The summed E-state index contributed by atoms with van der Waals surface area (Å²) in [6.07, 6.45) is 2.25. The fourth-order valence-electron chi connectivity index (χ4n) is 2.58. The van der Waals surface area contributed by atoms with Crippen molar-refractivity contribution in [3.63, 3.8) is 0 Å². The maximum atomic E-state index is 11.0. The monoisotopic (exact) mass is 370 g/mol. The van der Waals surface area contributed by atoms with Gasteiger partial charge in [-0.25, -0.2) is 5.43 Å². The van der Waals surface area contributed by atoms with E-state index in [1.807, 2.05) is 30.3 Å². The van der Waals surface area contributed by atoms with Crippen LogP contribution in [0.3, 0.4) is 0 Å². The number of carbonyl (C=O) groups excluding carboxylic acids is 1. The molecule has 6 nitrogen and oxygen atoms in total. The molecule has 0 fully saturated rings. The first-order valence-corrected chi connectivity index (χ1v) is 8.80. The Morgan fingerprint density at radius 3 is 2.48 bits per heavy atom. The molecule has 0 aromatic heterocycles. The lowest BCUT2D eigenvalue weighted by Gasteiger charge is -2.13. The predicted octanol–water partition coefficient (Wildman–Crippen LogP) is 3.63. The molecule has 0 atom stereocenters. The van der Waals surface area contributed by atoms with E-state index in [9.17, 15) is 4.79 Å². The first-order valence-electron chi connectivity index (χ1n) is 8.80. The van der Waals surface area contributed by atoms with E-state index in [0.29, 0.717) is 31.1 Å². The molecule has 1 amide bonds. The highest BCUT2D eigenvalue weighted by atomic mass is 16.5. The van der Waals surface area contributed by atoms with Crippen LogP contribution in [-0.4, -0.2) is 32.4 Å². The third-order valence-electron chi connectivity index (χ3n) is 3.65. The number of para-hydroxylation sites is 1.